The number of aliphatic hydroxyl groups excluding tert-OH is 1. The second-order valence-electron chi connectivity index (χ2n) is 5.79. The third kappa shape index (κ3) is 5.09. The maximum atomic E-state index is 12.4. The molecule has 0 aromatic heterocycles. The van der Waals surface area contributed by atoms with Gasteiger partial charge in [-0.2, -0.15) is 0 Å². The summed E-state index contributed by atoms with van der Waals surface area (Å²) in [6.07, 6.45) is 0. The molecular weight excluding hydrogens is 280 g/mol. The number of piperazine rings is 1. The molecule has 5 nitrogen and oxygen atoms in total. The first-order valence-electron chi connectivity index (χ1n) is 7.94. The summed E-state index contributed by atoms with van der Waals surface area (Å²) in [5.41, 5.74) is 1.12. The Morgan fingerprint density at radius 2 is 1.91 bits per heavy atom. The number of aliphatic hydroxyl groups is 1. The monoisotopic (exact) mass is 306 g/mol. The van der Waals surface area contributed by atoms with E-state index < -0.39 is 0 Å². The molecule has 22 heavy (non-hydrogen) atoms. The SMILES string of the molecule is CC(COCc1ccccc1)C(=O)N1CCN(CCO)CC1. The number of β-amino-alcohol motifs (C(OH)–C–C–N with tert-alkyl or cyclic N) is 1. The summed E-state index contributed by atoms with van der Waals surface area (Å²) in [6.45, 7) is 6.94. The summed E-state index contributed by atoms with van der Waals surface area (Å²) >= 11 is 0. The lowest BCUT2D eigenvalue weighted by molar-refractivity contribution is -0.138. The van der Waals surface area contributed by atoms with E-state index in [1.807, 2.05) is 42.2 Å². The molecule has 1 atom stereocenters. The highest BCUT2D eigenvalue weighted by Crippen LogP contribution is 2.09. The van der Waals surface area contributed by atoms with Crippen molar-refractivity contribution in [2.75, 3.05) is 45.9 Å². The lowest BCUT2D eigenvalue weighted by Crippen LogP contribution is -2.51. The van der Waals surface area contributed by atoms with Crippen molar-refractivity contribution in [1.29, 1.82) is 0 Å². The molecule has 1 unspecified atom stereocenters. The van der Waals surface area contributed by atoms with Crippen molar-refractivity contribution in [3.63, 3.8) is 0 Å². The van der Waals surface area contributed by atoms with Crippen LogP contribution in [0.3, 0.4) is 0 Å². The van der Waals surface area contributed by atoms with Crippen molar-refractivity contribution in [3.05, 3.63) is 35.9 Å². The summed E-state index contributed by atoms with van der Waals surface area (Å²) in [5, 5.41) is 8.93. The van der Waals surface area contributed by atoms with Gasteiger partial charge < -0.3 is 14.7 Å². The molecule has 0 aliphatic carbocycles. The molecule has 1 aliphatic heterocycles. The Balaban J connectivity index is 1.69. The molecule has 0 bridgehead atoms. The van der Waals surface area contributed by atoms with Crippen LogP contribution >= 0.6 is 0 Å². The van der Waals surface area contributed by atoms with Crippen molar-refractivity contribution in [3.8, 4) is 0 Å². The van der Waals surface area contributed by atoms with Crippen LogP contribution in [0.5, 0.6) is 0 Å². The fourth-order valence-electron chi connectivity index (χ4n) is 2.64. The van der Waals surface area contributed by atoms with E-state index in [0.717, 1.165) is 31.7 Å². The molecule has 0 saturated carbocycles. The van der Waals surface area contributed by atoms with Gasteiger partial charge in [-0.3, -0.25) is 9.69 Å². The smallest absolute Gasteiger partial charge is 0.227 e. The molecule has 0 spiro atoms. The summed E-state index contributed by atoms with van der Waals surface area (Å²) in [4.78, 5) is 16.5. The van der Waals surface area contributed by atoms with Gasteiger partial charge in [-0.25, -0.2) is 0 Å². The van der Waals surface area contributed by atoms with Gasteiger partial charge in [-0.15, -0.1) is 0 Å². The van der Waals surface area contributed by atoms with Crippen molar-refractivity contribution >= 4 is 5.91 Å². The highest BCUT2D eigenvalue weighted by atomic mass is 16.5. The second kappa shape index (κ2) is 8.88. The van der Waals surface area contributed by atoms with Gasteiger partial charge >= 0.3 is 0 Å². The average Bonchev–Trinajstić information content (AvgIpc) is 2.56. The van der Waals surface area contributed by atoms with Gasteiger partial charge in [0.25, 0.3) is 0 Å². The normalized spacial score (nSPS) is 17.5. The van der Waals surface area contributed by atoms with Gasteiger partial charge in [0, 0.05) is 32.7 Å². The first-order valence-corrected chi connectivity index (χ1v) is 7.94. The first kappa shape index (κ1) is 16.9. The summed E-state index contributed by atoms with van der Waals surface area (Å²) < 4.78 is 5.66. The quantitative estimate of drug-likeness (QED) is 0.816. The van der Waals surface area contributed by atoms with Gasteiger partial charge in [0.15, 0.2) is 0 Å². The predicted molar refractivity (Wildman–Crippen MR) is 85.4 cm³/mol. The second-order valence-corrected chi connectivity index (χ2v) is 5.79. The van der Waals surface area contributed by atoms with Crippen molar-refractivity contribution in [2.45, 2.75) is 13.5 Å². The van der Waals surface area contributed by atoms with Crippen LogP contribution in [0.4, 0.5) is 0 Å². The topological polar surface area (TPSA) is 53.0 Å². The van der Waals surface area contributed by atoms with Crippen LogP contribution in [0, 0.1) is 5.92 Å². The summed E-state index contributed by atoms with van der Waals surface area (Å²) in [5.74, 6) is 0.0461. The zero-order chi connectivity index (χ0) is 15.8. The van der Waals surface area contributed by atoms with Crippen LogP contribution in [0.15, 0.2) is 30.3 Å². The van der Waals surface area contributed by atoms with E-state index in [9.17, 15) is 4.79 Å². The fourth-order valence-corrected chi connectivity index (χ4v) is 2.64. The first-order chi connectivity index (χ1) is 10.7. The van der Waals surface area contributed by atoms with Crippen LogP contribution in [-0.4, -0.2) is 66.8 Å². The number of benzene rings is 1. The van der Waals surface area contributed by atoms with Crippen molar-refractivity contribution in [2.24, 2.45) is 5.92 Å². The zero-order valence-electron chi connectivity index (χ0n) is 13.3. The van der Waals surface area contributed by atoms with E-state index in [-0.39, 0.29) is 18.4 Å². The summed E-state index contributed by atoms with van der Waals surface area (Å²) in [6, 6.07) is 9.99. The Hall–Kier alpha value is -1.43. The Labute approximate surface area is 132 Å². The van der Waals surface area contributed by atoms with Crippen LogP contribution in [-0.2, 0) is 16.1 Å². The van der Waals surface area contributed by atoms with E-state index >= 15 is 0 Å². The maximum absolute atomic E-state index is 12.4. The molecule has 0 radical (unpaired) electrons. The number of nitrogens with zero attached hydrogens (tertiary/aromatic N) is 2. The Kier molecular flexibility index (Phi) is 6.83. The Morgan fingerprint density at radius 3 is 2.55 bits per heavy atom. The molecule has 1 aromatic carbocycles. The molecule has 5 heteroatoms. The van der Waals surface area contributed by atoms with Gasteiger partial charge in [0.1, 0.15) is 0 Å². The molecule has 2 rings (SSSR count). The van der Waals surface area contributed by atoms with Crippen LogP contribution in [0.2, 0.25) is 0 Å². The van der Waals surface area contributed by atoms with Gasteiger partial charge in [-0.1, -0.05) is 37.3 Å². The van der Waals surface area contributed by atoms with Crippen molar-refractivity contribution < 1.29 is 14.6 Å². The largest absolute Gasteiger partial charge is 0.395 e. The fraction of sp³-hybridized carbons (Fsp3) is 0.588. The number of carbonyl (C=O) groups is 1. The lowest BCUT2D eigenvalue weighted by atomic mass is 10.1. The van der Waals surface area contributed by atoms with Gasteiger partial charge in [0.05, 0.1) is 25.7 Å². The van der Waals surface area contributed by atoms with E-state index in [2.05, 4.69) is 4.90 Å². The average molecular weight is 306 g/mol. The van der Waals surface area contributed by atoms with Crippen LogP contribution < -0.4 is 0 Å². The number of ether oxygens (including phenoxy) is 1. The molecular formula is C17H26N2O3. The van der Waals surface area contributed by atoms with Gasteiger partial charge in [0.2, 0.25) is 5.91 Å². The Morgan fingerprint density at radius 1 is 1.23 bits per heavy atom. The molecule has 1 amide bonds. The van der Waals surface area contributed by atoms with E-state index in [4.69, 9.17) is 9.84 Å². The van der Waals surface area contributed by atoms with E-state index in [0.29, 0.717) is 19.8 Å². The van der Waals surface area contributed by atoms with Crippen molar-refractivity contribution in [1.82, 2.24) is 9.80 Å². The highest BCUT2D eigenvalue weighted by Gasteiger charge is 2.24. The highest BCUT2D eigenvalue weighted by molar-refractivity contribution is 5.78. The minimum atomic E-state index is -0.117. The lowest BCUT2D eigenvalue weighted by Gasteiger charge is -2.35. The molecule has 1 heterocycles. The minimum Gasteiger partial charge on any atom is -0.395 e. The molecule has 1 aliphatic rings. The number of hydrogen-bond donors (Lipinski definition) is 1. The third-order valence-electron chi connectivity index (χ3n) is 4.00. The molecule has 1 N–H and O–H groups in total. The third-order valence-corrected chi connectivity index (χ3v) is 4.00. The predicted octanol–water partition coefficient (Wildman–Crippen LogP) is 0.976. The molecule has 122 valence electrons. The number of hydrogen-bond acceptors (Lipinski definition) is 4. The van der Waals surface area contributed by atoms with Crippen LogP contribution in [0.1, 0.15) is 12.5 Å². The number of carbonyl (C=O) groups excluding carboxylic acids is 1. The summed E-state index contributed by atoms with van der Waals surface area (Å²) in [7, 11) is 0. The molecule has 1 saturated heterocycles. The number of rotatable bonds is 7. The van der Waals surface area contributed by atoms with Crippen LogP contribution in [0.25, 0.3) is 0 Å². The minimum absolute atomic E-state index is 0.117. The molecule has 1 aromatic rings. The number of amides is 1. The van der Waals surface area contributed by atoms with Gasteiger partial charge in [-0.05, 0) is 5.56 Å². The van der Waals surface area contributed by atoms with E-state index in [1.165, 1.54) is 0 Å². The zero-order valence-corrected chi connectivity index (χ0v) is 13.3. The molecule has 1 fully saturated rings. The Bertz CT molecular complexity index is 444. The maximum Gasteiger partial charge on any atom is 0.227 e. The standard InChI is InChI=1S/C17H26N2O3/c1-15(13-22-14-16-5-3-2-4-6-16)17(21)19-9-7-18(8-10-19)11-12-20/h2-6,15,20H,7-14H2,1H3. The van der Waals surface area contributed by atoms with E-state index in [1.54, 1.807) is 0 Å².